The first-order valence-corrected chi connectivity index (χ1v) is 4.26. The maximum Gasteiger partial charge on any atom is 0.134 e. The van der Waals surface area contributed by atoms with Crippen molar-refractivity contribution in [1.82, 2.24) is 5.32 Å². The first kappa shape index (κ1) is 10.5. The molecule has 0 fully saturated rings. The number of hydrogen-bond acceptors (Lipinski definition) is 2. The molecule has 1 heterocycles. The van der Waals surface area contributed by atoms with Gasteiger partial charge < -0.3 is 4.74 Å². The molecule has 1 atom stereocenters. The molecule has 2 nitrogen and oxygen atoms in total. The summed E-state index contributed by atoms with van der Waals surface area (Å²) in [7, 11) is 1.74. The third-order valence-corrected chi connectivity index (χ3v) is 2.30. The topological polar surface area (TPSA) is 21.3 Å². The zero-order valence-corrected chi connectivity index (χ0v) is 8.43. The maximum absolute atomic E-state index is 5.31. The summed E-state index contributed by atoms with van der Waals surface area (Å²) < 4.78 is 5.31. The zero-order chi connectivity index (χ0) is 8.39. The molecule has 1 aliphatic heterocycles. The molecule has 0 spiro atoms. The quantitative estimate of drug-likeness (QED) is 0.746. The van der Waals surface area contributed by atoms with E-state index in [1.54, 1.807) is 7.11 Å². The normalized spacial score (nSPS) is 20.2. The second kappa shape index (κ2) is 4.61. The smallest absolute Gasteiger partial charge is 0.134 e. The van der Waals surface area contributed by atoms with Crippen molar-refractivity contribution in [2.45, 2.75) is 12.6 Å². The molecule has 0 amide bonds. The van der Waals surface area contributed by atoms with E-state index in [1.165, 1.54) is 11.1 Å². The van der Waals surface area contributed by atoms with Gasteiger partial charge in [-0.3, -0.25) is 5.32 Å². The molecule has 0 aliphatic carbocycles. The molecule has 1 aromatic rings. The minimum absolute atomic E-state index is 0. The number of nitrogens with one attached hydrogen (secondary N) is 1. The second-order valence-corrected chi connectivity index (χ2v) is 3.02. The Hall–Kier alpha value is -0.570. The standard InChI is InChI=1S/C10H13NO.ClH/c1-12-10-9-5-3-2-4-8(9)6-7-11-10;/h2-5,10-11H,6-7H2,1H3;1H. The average molecular weight is 200 g/mol. The Kier molecular flexibility index (Phi) is 3.72. The fourth-order valence-corrected chi connectivity index (χ4v) is 1.68. The lowest BCUT2D eigenvalue weighted by atomic mass is 10.00. The van der Waals surface area contributed by atoms with Crippen molar-refractivity contribution in [3.8, 4) is 0 Å². The van der Waals surface area contributed by atoms with Gasteiger partial charge in [0.1, 0.15) is 6.23 Å². The van der Waals surface area contributed by atoms with Gasteiger partial charge in [-0.1, -0.05) is 24.3 Å². The van der Waals surface area contributed by atoms with Crippen molar-refractivity contribution in [1.29, 1.82) is 0 Å². The predicted octanol–water partition coefficient (Wildman–Crippen LogP) is 1.90. The largest absolute Gasteiger partial charge is 0.362 e. The highest BCUT2D eigenvalue weighted by atomic mass is 35.5. The first-order chi connectivity index (χ1) is 5.92. The number of benzene rings is 1. The van der Waals surface area contributed by atoms with Gasteiger partial charge in [-0.15, -0.1) is 12.4 Å². The van der Waals surface area contributed by atoms with Gasteiger partial charge in [0.2, 0.25) is 0 Å². The zero-order valence-electron chi connectivity index (χ0n) is 7.62. The van der Waals surface area contributed by atoms with Gasteiger partial charge in [0.15, 0.2) is 0 Å². The van der Waals surface area contributed by atoms with Crippen molar-refractivity contribution in [2.75, 3.05) is 13.7 Å². The van der Waals surface area contributed by atoms with E-state index in [9.17, 15) is 0 Å². The van der Waals surface area contributed by atoms with E-state index in [0.717, 1.165) is 13.0 Å². The van der Waals surface area contributed by atoms with Crippen LogP contribution in [0.1, 0.15) is 17.4 Å². The summed E-state index contributed by atoms with van der Waals surface area (Å²) in [5, 5.41) is 3.30. The van der Waals surface area contributed by atoms with Gasteiger partial charge in [-0.05, 0) is 17.5 Å². The average Bonchev–Trinajstić information content (AvgIpc) is 2.17. The summed E-state index contributed by atoms with van der Waals surface area (Å²) in [5.74, 6) is 0. The van der Waals surface area contributed by atoms with Crippen LogP contribution in [0.3, 0.4) is 0 Å². The molecular weight excluding hydrogens is 186 g/mol. The van der Waals surface area contributed by atoms with Gasteiger partial charge in [-0.25, -0.2) is 0 Å². The van der Waals surface area contributed by atoms with Crippen LogP contribution in [0.25, 0.3) is 0 Å². The van der Waals surface area contributed by atoms with Crippen molar-refractivity contribution in [2.24, 2.45) is 0 Å². The molecule has 0 aromatic heterocycles. The number of fused-ring (bicyclic) bond motifs is 1. The molecule has 3 heteroatoms. The summed E-state index contributed by atoms with van der Waals surface area (Å²) in [6.07, 6.45) is 1.20. The number of rotatable bonds is 1. The Balaban J connectivity index is 0.000000845. The third-order valence-electron chi connectivity index (χ3n) is 2.30. The summed E-state index contributed by atoms with van der Waals surface area (Å²) in [4.78, 5) is 0. The lowest BCUT2D eigenvalue weighted by Gasteiger charge is -2.25. The SMILES string of the molecule is COC1NCCc2ccccc21.Cl. The Bertz CT molecular complexity index is 277. The van der Waals surface area contributed by atoms with Crippen LogP contribution < -0.4 is 5.32 Å². The first-order valence-electron chi connectivity index (χ1n) is 4.26. The van der Waals surface area contributed by atoms with Crippen LogP contribution in [0.4, 0.5) is 0 Å². The van der Waals surface area contributed by atoms with Crippen LogP contribution in [0.15, 0.2) is 24.3 Å². The molecule has 1 aromatic carbocycles. The molecule has 1 aliphatic rings. The Labute approximate surface area is 84.7 Å². The van der Waals surface area contributed by atoms with Crippen LogP contribution in [-0.2, 0) is 11.2 Å². The van der Waals surface area contributed by atoms with Crippen molar-refractivity contribution in [3.63, 3.8) is 0 Å². The minimum atomic E-state index is 0. The fourth-order valence-electron chi connectivity index (χ4n) is 1.68. The third kappa shape index (κ3) is 2.02. The van der Waals surface area contributed by atoms with E-state index in [1.807, 2.05) is 0 Å². The van der Waals surface area contributed by atoms with Gasteiger partial charge in [0.25, 0.3) is 0 Å². The molecule has 0 radical (unpaired) electrons. The molecule has 2 rings (SSSR count). The van der Waals surface area contributed by atoms with Gasteiger partial charge in [0.05, 0.1) is 0 Å². The second-order valence-electron chi connectivity index (χ2n) is 3.02. The highest BCUT2D eigenvalue weighted by Crippen LogP contribution is 2.22. The fraction of sp³-hybridized carbons (Fsp3) is 0.400. The highest BCUT2D eigenvalue weighted by molar-refractivity contribution is 5.85. The number of methoxy groups -OCH3 is 1. The lowest BCUT2D eigenvalue weighted by Crippen LogP contribution is -2.30. The van der Waals surface area contributed by atoms with Crippen LogP contribution in [0.5, 0.6) is 0 Å². The number of hydrogen-bond donors (Lipinski definition) is 1. The summed E-state index contributed by atoms with van der Waals surface area (Å²) in [6, 6.07) is 8.42. The molecular formula is C10H14ClNO. The molecule has 1 N–H and O–H groups in total. The minimum Gasteiger partial charge on any atom is -0.362 e. The highest BCUT2D eigenvalue weighted by Gasteiger charge is 2.17. The summed E-state index contributed by atoms with van der Waals surface area (Å²) >= 11 is 0. The monoisotopic (exact) mass is 199 g/mol. The lowest BCUT2D eigenvalue weighted by molar-refractivity contribution is 0.0685. The van der Waals surface area contributed by atoms with E-state index in [-0.39, 0.29) is 18.6 Å². The Morgan fingerprint density at radius 2 is 2.15 bits per heavy atom. The van der Waals surface area contributed by atoms with Crippen LogP contribution in [-0.4, -0.2) is 13.7 Å². The molecule has 0 saturated carbocycles. The van der Waals surface area contributed by atoms with E-state index in [4.69, 9.17) is 4.74 Å². The maximum atomic E-state index is 5.31. The predicted molar refractivity (Wildman–Crippen MR) is 55.1 cm³/mol. The van der Waals surface area contributed by atoms with E-state index >= 15 is 0 Å². The molecule has 72 valence electrons. The molecule has 1 unspecified atom stereocenters. The number of halogens is 1. The van der Waals surface area contributed by atoms with Gasteiger partial charge in [0, 0.05) is 13.7 Å². The van der Waals surface area contributed by atoms with Crippen molar-refractivity contribution < 1.29 is 4.74 Å². The summed E-state index contributed by atoms with van der Waals surface area (Å²) in [5.41, 5.74) is 2.69. The van der Waals surface area contributed by atoms with Crippen molar-refractivity contribution in [3.05, 3.63) is 35.4 Å². The van der Waals surface area contributed by atoms with Crippen molar-refractivity contribution >= 4 is 12.4 Å². The van der Waals surface area contributed by atoms with Gasteiger partial charge in [-0.2, -0.15) is 0 Å². The van der Waals surface area contributed by atoms with Crippen LogP contribution >= 0.6 is 12.4 Å². The van der Waals surface area contributed by atoms with E-state index in [2.05, 4.69) is 29.6 Å². The van der Waals surface area contributed by atoms with E-state index in [0.29, 0.717) is 0 Å². The van der Waals surface area contributed by atoms with Gasteiger partial charge >= 0.3 is 0 Å². The van der Waals surface area contributed by atoms with Crippen LogP contribution in [0, 0.1) is 0 Å². The van der Waals surface area contributed by atoms with Crippen LogP contribution in [0.2, 0.25) is 0 Å². The Morgan fingerprint density at radius 3 is 2.92 bits per heavy atom. The molecule has 0 bridgehead atoms. The molecule has 13 heavy (non-hydrogen) atoms. The summed E-state index contributed by atoms with van der Waals surface area (Å²) in [6.45, 7) is 1.01. The van der Waals surface area contributed by atoms with E-state index < -0.39 is 0 Å². The molecule has 0 saturated heterocycles. The number of ether oxygens (including phenoxy) is 1. The Morgan fingerprint density at radius 1 is 1.38 bits per heavy atom.